The lowest BCUT2D eigenvalue weighted by atomic mass is 10.2. The lowest BCUT2D eigenvalue weighted by molar-refractivity contribution is -0.120. The molecule has 0 unspecified atom stereocenters. The smallest absolute Gasteiger partial charge is 0.257 e. The van der Waals surface area contributed by atoms with Crippen LogP contribution in [0.3, 0.4) is 0 Å². The van der Waals surface area contributed by atoms with Gasteiger partial charge in [0, 0.05) is 18.8 Å². The van der Waals surface area contributed by atoms with E-state index in [0.29, 0.717) is 28.8 Å². The number of rotatable bonds is 3. The number of nitrogens with one attached hydrogen (secondary N) is 2. The van der Waals surface area contributed by atoms with Crippen molar-refractivity contribution in [3.8, 4) is 0 Å². The molecule has 5 nitrogen and oxygen atoms in total. The predicted octanol–water partition coefficient (Wildman–Crippen LogP) is 3.84. The average Bonchev–Trinajstić information content (AvgIpc) is 2.57. The second-order valence-electron chi connectivity index (χ2n) is 5.49. The Bertz CT molecular complexity index is 842. The van der Waals surface area contributed by atoms with E-state index < -0.39 is 0 Å². The number of carbonyl (C=O) groups is 2. The number of anilines is 2. The van der Waals surface area contributed by atoms with E-state index in [0.717, 1.165) is 5.69 Å². The molecular formula is C17H14Cl3N3O2. The van der Waals surface area contributed by atoms with Crippen LogP contribution in [0.4, 0.5) is 11.4 Å². The van der Waals surface area contributed by atoms with Crippen molar-refractivity contribution in [2.24, 2.45) is 0 Å². The zero-order valence-electron chi connectivity index (χ0n) is 13.0. The van der Waals surface area contributed by atoms with Crippen LogP contribution in [0.1, 0.15) is 10.4 Å². The molecule has 1 heterocycles. The Morgan fingerprint density at radius 2 is 1.92 bits per heavy atom. The van der Waals surface area contributed by atoms with Gasteiger partial charge in [-0.05, 0) is 30.3 Å². The molecule has 0 radical (unpaired) electrons. The molecule has 2 amide bonds. The fourth-order valence-electron chi connectivity index (χ4n) is 2.56. The van der Waals surface area contributed by atoms with Crippen LogP contribution >= 0.6 is 34.8 Å². The summed E-state index contributed by atoms with van der Waals surface area (Å²) in [5.41, 5.74) is 1.55. The standard InChI is InChI=1S/C17H14Cl3N3O2/c18-12-3-1-2-11(16(12)20)17(25)22-10-4-5-14(13(19)8-10)23-7-6-21-15(24)9-23/h1-5,8H,6-7,9H2,(H,21,24)(H,22,25). The molecule has 2 aromatic rings. The first-order valence-corrected chi connectivity index (χ1v) is 8.65. The molecule has 1 fully saturated rings. The lowest BCUT2D eigenvalue weighted by Crippen LogP contribution is -2.47. The summed E-state index contributed by atoms with van der Waals surface area (Å²) in [5, 5.41) is 6.46. The summed E-state index contributed by atoms with van der Waals surface area (Å²) in [5.74, 6) is -0.427. The molecule has 2 aromatic carbocycles. The molecule has 0 aliphatic carbocycles. The fourth-order valence-corrected chi connectivity index (χ4v) is 3.25. The van der Waals surface area contributed by atoms with Gasteiger partial charge in [-0.15, -0.1) is 0 Å². The molecule has 0 saturated carbocycles. The number of amides is 2. The highest BCUT2D eigenvalue weighted by atomic mass is 35.5. The van der Waals surface area contributed by atoms with Gasteiger partial charge in [-0.25, -0.2) is 0 Å². The molecule has 2 N–H and O–H groups in total. The highest BCUT2D eigenvalue weighted by Crippen LogP contribution is 2.30. The van der Waals surface area contributed by atoms with Crippen molar-refractivity contribution in [1.29, 1.82) is 0 Å². The van der Waals surface area contributed by atoms with E-state index in [2.05, 4.69) is 10.6 Å². The Kier molecular flexibility index (Phi) is 5.37. The Morgan fingerprint density at radius 3 is 2.64 bits per heavy atom. The van der Waals surface area contributed by atoms with E-state index in [-0.39, 0.29) is 28.9 Å². The van der Waals surface area contributed by atoms with Crippen LogP contribution in [0.25, 0.3) is 0 Å². The predicted molar refractivity (Wildman–Crippen MR) is 101 cm³/mol. The minimum absolute atomic E-state index is 0.0460. The summed E-state index contributed by atoms with van der Waals surface area (Å²) in [7, 11) is 0. The maximum absolute atomic E-state index is 12.4. The van der Waals surface area contributed by atoms with Crippen LogP contribution in [0.5, 0.6) is 0 Å². The maximum atomic E-state index is 12.4. The Hall–Kier alpha value is -1.95. The van der Waals surface area contributed by atoms with Gasteiger partial charge in [0.15, 0.2) is 0 Å². The molecule has 1 saturated heterocycles. The van der Waals surface area contributed by atoms with Crippen molar-refractivity contribution in [1.82, 2.24) is 5.32 Å². The van der Waals surface area contributed by atoms with Crippen molar-refractivity contribution >= 4 is 58.0 Å². The minimum Gasteiger partial charge on any atom is -0.359 e. The summed E-state index contributed by atoms with van der Waals surface area (Å²) >= 11 is 18.3. The zero-order valence-corrected chi connectivity index (χ0v) is 15.3. The summed E-state index contributed by atoms with van der Waals surface area (Å²) in [6.07, 6.45) is 0. The van der Waals surface area contributed by atoms with Gasteiger partial charge in [0.2, 0.25) is 5.91 Å². The topological polar surface area (TPSA) is 61.4 Å². The first-order chi connectivity index (χ1) is 12.0. The average molecular weight is 399 g/mol. The van der Waals surface area contributed by atoms with Crippen molar-refractivity contribution in [2.75, 3.05) is 29.9 Å². The Labute approximate surface area is 159 Å². The number of halogens is 3. The van der Waals surface area contributed by atoms with Crippen LogP contribution < -0.4 is 15.5 Å². The van der Waals surface area contributed by atoms with E-state index >= 15 is 0 Å². The zero-order chi connectivity index (χ0) is 18.0. The molecule has 0 aromatic heterocycles. The van der Waals surface area contributed by atoms with Crippen LogP contribution in [-0.2, 0) is 4.79 Å². The van der Waals surface area contributed by atoms with Crippen LogP contribution in [0.15, 0.2) is 36.4 Å². The normalized spacial score (nSPS) is 14.2. The summed E-state index contributed by atoms with van der Waals surface area (Å²) < 4.78 is 0. The van der Waals surface area contributed by atoms with Crippen LogP contribution in [-0.4, -0.2) is 31.4 Å². The van der Waals surface area contributed by atoms with Crippen molar-refractivity contribution in [3.05, 3.63) is 57.0 Å². The second kappa shape index (κ2) is 7.52. The highest BCUT2D eigenvalue weighted by molar-refractivity contribution is 6.44. The van der Waals surface area contributed by atoms with Gasteiger partial charge in [0.1, 0.15) is 0 Å². The molecule has 0 atom stereocenters. The number of nitrogens with zero attached hydrogens (tertiary/aromatic N) is 1. The number of hydrogen-bond acceptors (Lipinski definition) is 3. The van der Waals surface area contributed by atoms with Crippen molar-refractivity contribution in [3.63, 3.8) is 0 Å². The fraction of sp³-hybridized carbons (Fsp3) is 0.176. The number of hydrogen-bond donors (Lipinski definition) is 2. The lowest BCUT2D eigenvalue weighted by Gasteiger charge is -2.29. The van der Waals surface area contributed by atoms with Crippen LogP contribution in [0, 0.1) is 0 Å². The maximum Gasteiger partial charge on any atom is 0.257 e. The Morgan fingerprint density at radius 1 is 1.12 bits per heavy atom. The van der Waals surface area contributed by atoms with Gasteiger partial charge < -0.3 is 15.5 Å². The van der Waals surface area contributed by atoms with Gasteiger partial charge in [-0.2, -0.15) is 0 Å². The third-order valence-corrected chi connectivity index (χ3v) is 4.90. The first kappa shape index (κ1) is 17.9. The molecule has 0 bridgehead atoms. The van der Waals surface area contributed by atoms with E-state index in [4.69, 9.17) is 34.8 Å². The molecule has 8 heteroatoms. The largest absolute Gasteiger partial charge is 0.359 e. The molecule has 0 spiro atoms. The van der Waals surface area contributed by atoms with Gasteiger partial charge in [-0.3, -0.25) is 9.59 Å². The molecule has 130 valence electrons. The molecule has 1 aliphatic heterocycles. The molecule has 3 rings (SSSR count). The van der Waals surface area contributed by atoms with E-state index in [9.17, 15) is 9.59 Å². The van der Waals surface area contributed by atoms with E-state index in [1.807, 2.05) is 4.90 Å². The number of piperazine rings is 1. The number of benzene rings is 2. The summed E-state index contributed by atoms with van der Waals surface area (Å²) in [6, 6.07) is 9.99. The summed E-state index contributed by atoms with van der Waals surface area (Å²) in [6.45, 7) is 1.50. The third-order valence-electron chi connectivity index (χ3n) is 3.78. The molecule has 1 aliphatic rings. The summed E-state index contributed by atoms with van der Waals surface area (Å²) in [4.78, 5) is 25.8. The third kappa shape index (κ3) is 4.00. The van der Waals surface area contributed by atoms with E-state index in [1.165, 1.54) is 0 Å². The number of carbonyl (C=O) groups excluding carboxylic acids is 2. The monoisotopic (exact) mass is 397 g/mol. The van der Waals surface area contributed by atoms with Gasteiger partial charge in [-0.1, -0.05) is 40.9 Å². The van der Waals surface area contributed by atoms with Crippen molar-refractivity contribution < 1.29 is 9.59 Å². The Balaban J connectivity index is 1.78. The van der Waals surface area contributed by atoms with Gasteiger partial charge in [0.25, 0.3) is 5.91 Å². The van der Waals surface area contributed by atoms with Crippen molar-refractivity contribution in [2.45, 2.75) is 0 Å². The van der Waals surface area contributed by atoms with Crippen LogP contribution in [0.2, 0.25) is 15.1 Å². The quantitative estimate of drug-likeness (QED) is 0.826. The SMILES string of the molecule is O=C1CN(c2ccc(NC(=O)c3cccc(Cl)c3Cl)cc2Cl)CCN1. The first-order valence-electron chi connectivity index (χ1n) is 7.52. The van der Waals surface area contributed by atoms with E-state index in [1.54, 1.807) is 36.4 Å². The van der Waals surface area contributed by atoms with Gasteiger partial charge >= 0.3 is 0 Å². The second-order valence-corrected chi connectivity index (χ2v) is 6.69. The molecule has 25 heavy (non-hydrogen) atoms. The highest BCUT2D eigenvalue weighted by Gasteiger charge is 2.19. The molecular weight excluding hydrogens is 385 g/mol. The minimum atomic E-state index is -0.381. The van der Waals surface area contributed by atoms with Gasteiger partial charge in [0.05, 0.1) is 32.9 Å².